The van der Waals surface area contributed by atoms with Crippen molar-refractivity contribution >= 4 is 29.2 Å². The third-order valence-corrected chi connectivity index (χ3v) is 6.24. The minimum Gasteiger partial charge on any atom is -0.329 e. The fraction of sp³-hybridized carbons (Fsp3) is 0.233. The molecule has 0 saturated carbocycles. The Morgan fingerprint density at radius 1 is 0.973 bits per heavy atom. The van der Waals surface area contributed by atoms with E-state index in [1.165, 1.54) is 0 Å². The van der Waals surface area contributed by atoms with Crippen molar-refractivity contribution in [1.82, 2.24) is 14.7 Å². The Kier molecular flexibility index (Phi) is 8.09. The number of carbonyl (C=O) groups is 2. The van der Waals surface area contributed by atoms with Gasteiger partial charge in [-0.25, -0.2) is 4.68 Å². The molecule has 0 atom stereocenters. The first-order valence-corrected chi connectivity index (χ1v) is 12.7. The Morgan fingerprint density at radius 2 is 1.68 bits per heavy atom. The van der Waals surface area contributed by atoms with Gasteiger partial charge in [0.2, 0.25) is 5.91 Å². The largest absolute Gasteiger partial charge is 0.329 e. The van der Waals surface area contributed by atoms with E-state index >= 15 is 0 Å². The average molecular weight is 515 g/mol. The molecule has 3 aromatic carbocycles. The van der Waals surface area contributed by atoms with Crippen LogP contribution in [0.15, 0.2) is 78.9 Å². The summed E-state index contributed by atoms with van der Waals surface area (Å²) < 4.78 is 1.77. The van der Waals surface area contributed by atoms with Crippen LogP contribution in [-0.2, 0) is 4.79 Å². The number of rotatable bonds is 8. The molecule has 0 spiro atoms. The van der Waals surface area contributed by atoms with E-state index in [-0.39, 0.29) is 24.3 Å². The smallest absolute Gasteiger partial charge is 0.254 e. The van der Waals surface area contributed by atoms with Gasteiger partial charge in [0.05, 0.1) is 11.4 Å². The Balaban J connectivity index is 1.70. The summed E-state index contributed by atoms with van der Waals surface area (Å²) in [6.45, 7) is 8.30. The summed E-state index contributed by atoms with van der Waals surface area (Å²) in [5, 5.41) is 8.36. The van der Waals surface area contributed by atoms with Crippen molar-refractivity contribution in [2.75, 3.05) is 18.4 Å². The molecule has 0 aliphatic rings. The number of aryl methyl sites for hydroxylation is 2. The lowest BCUT2D eigenvalue weighted by molar-refractivity contribution is -0.117. The summed E-state index contributed by atoms with van der Waals surface area (Å²) >= 11 is 6.12. The highest BCUT2D eigenvalue weighted by molar-refractivity contribution is 6.31. The van der Waals surface area contributed by atoms with E-state index < -0.39 is 0 Å². The van der Waals surface area contributed by atoms with Crippen molar-refractivity contribution in [3.05, 3.63) is 101 Å². The normalized spacial score (nSPS) is 11.0. The van der Waals surface area contributed by atoms with Crippen LogP contribution >= 0.6 is 11.6 Å². The van der Waals surface area contributed by atoms with E-state index in [1.807, 2.05) is 82.3 Å². The van der Waals surface area contributed by atoms with Gasteiger partial charge in [-0.3, -0.25) is 9.59 Å². The van der Waals surface area contributed by atoms with Gasteiger partial charge in [0, 0.05) is 22.7 Å². The number of nitrogens with one attached hydrogen (secondary N) is 1. The van der Waals surface area contributed by atoms with E-state index in [1.54, 1.807) is 33.8 Å². The number of nitrogens with zero attached hydrogens (tertiary/aromatic N) is 3. The summed E-state index contributed by atoms with van der Waals surface area (Å²) in [5.41, 5.74) is 4.93. The summed E-state index contributed by atoms with van der Waals surface area (Å²) in [5.74, 6) is 0.208. The van der Waals surface area contributed by atoms with Crippen molar-refractivity contribution in [3.8, 4) is 16.8 Å². The van der Waals surface area contributed by atoms with Gasteiger partial charge in [0.15, 0.2) is 0 Å². The van der Waals surface area contributed by atoms with Crippen LogP contribution in [0.3, 0.4) is 0 Å². The number of amides is 2. The molecule has 7 heteroatoms. The lowest BCUT2D eigenvalue weighted by Gasteiger charge is -2.24. The van der Waals surface area contributed by atoms with Crippen LogP contribution in [0.25, 0.3) is 16.8 Å². The van der Waals surface area contributed by atoms with Gasteiger partial charge >= 0.3 is 0 Å². The van der Waals surface area contributed by atoms with Crippen LogP contribution in [0, 0.1) is 19.8 Å². The molecule has 6 nitrogen and oxygen atoms in total. The van der Waals surface area contributed by atoms with E-state index in [2.05, 4.69) is 5.32 Å². The molecule has 1 heterocycles. The third-order valence-electron chi connectivity index (χ3n) is 6.00. The second-order valence-corrected chi connectivity index (χ2v) is 9.95. The maximum Gasteiger partial charge on any atom is 0.254 e. The Morgan fingerprint density at radius 3 is 2.35 bits per heavy atom. The topological polar surface area (TPSA) is 67.2 Å². The maximum atomic E-state index is 13.5. The average Bonchev–Trinajstić information content (AvgIpc) is 3.18. The minimum absolute atomic E-state index is 0.101. The molecule has 190 valence electrons. The van der Waals surface area contributed by atoms with Crippen molar-refractivity contribution in [1.29, 1.82) is 0 Å². The number of hydrogen-bond donors (Lipinski definition) is 1. The number of para-hydroxylation sites is 1. The minimum atomic E-state index is -0.303. The quantitative estimate of drug-likeness (QED) is 0.290. The van der Waals surface area contributed by atoms with Gasteiger partial charge in [0.25, 0.3) is 5.91 Å². The monoisotopic (exact) mass is 514 g/mol. The highest BCUT2D eigenvalue weighted by Gasteiger charge is 2.24. The van der Waals surface area contributed by atoms with Crippen molar-refractivity contribution in [2.24, 2.45) is 5.92 Å². The molecule has 0 fully saturated rings. The molecule has 1 N–H and O–H groups in total. The zero-order valence-electron chi connectivity index (χ0n) is 21.5. The van der Waals surface area contributed by atoms with E-state index in [0.717, 1.165) is 28.1 Å². The molecule has 1 aromatic heterocycles. The molecule has 4 aromatic rings. The van der Waals surface area contributed by atoms with E-state index in [4.69, 9.17) is 16.7 Å². The van der Waals surface area contributed by atoms with Gasteiger partial charge in [-0.15, -0.1) is 0 Å². The van der Waals surface area contributed by atoms with Crippen LogP contribution in [-0.4, -0.2) is 39.6 Å². The van der Waals surface area contributed by atoms with Crippen LogP contribution < -0.4 is 5.32 Å². The van der Waals surface area contributed by atoms with Gasteiger partial charge in [0.1, 0.15) is 12.4 Å². The second-order valence-electron chi connectivity index (χ2n) is 9.51. The lowest BCUT2D eigenvalue weighted by Crippen LogP contribution is -2.40. The van der Waals surface area contributed by atoms with Crippen molar-refractivity contribution in [3.63, 3.8) is 0 Å². The number of halogens is 1. The number of hydrogen-bond acceptors (Lipinski definition) is 3. The van der Waals surface area contributed by atoms with Gasteiger partial charge in [-0.1, -0.05) is 80.0 Å². The van der Waals surface area contributed by atoms with Crippen LogP contribution in [0.2, 0.25) is 5.02 Å². The van der Waals surface area contributed by atoms with Gasteiger partial charge < -0.3 is 10.2 Å². The molecule has 0 bridgehead atoms. The molecular formula is C30H31ClN4O2. The number of aromatic nitrogens is 2. The summed E-state index contributed by atoms with van der Waals surface area (Å²) in [6, 6.07) is 24.5. The highest BCUT2D eigenvalue weighted by atomic mass is 35.5. The Labute approximate surface area is 222 Å². The fourth-order valence-electron chi connectivity index (χ4n) is 4.38. The lowest BCUT2D eigenvalue weighted by atomic mass is 10.1. The standard InChI is InChI=1S/C30H31ClN4O2/c1-20(2)18-34(30(37)24-14-10-15-25(31)17-24)19-27(36)32-29-28(23-12-6-5-7-13-23)22(4)33-35(29)26-16-9-8-11-21(26)3/h5-17,20H,18-19H2,1-4H3,(H,32,36). The zero-order chi connectivity index (χ0) is 26.5. The van der Waals surface area contributed by atoms with Crippen LogP contribution in [0.5, 0.6) is 0 Å². The van der Waals surface area contributed by atoms with E-state index in [9.17, 15) is 9.59 Å². The van der Waals surface area contributed by atoms with Crippen molar-refractivity contribution in [2.45, 2.75) is 27.7 Å². The third kappa shape index (κ3) is 6.09. The molecule has 0 aliphatic heterocycles. The maximum absolute atomic E-state index is 13.5. The molecule has 0 unspecified atom stereocenters. The molecule has 37 heavy (non-hydrogen) atoms. The van der Waals surface area contributed by atoms with Gasteiger partial charge in [-0.05, 0) is 55.2 Å². The molecule has 0 radical (unpaired) electrons. The number of anilines is 1. The Hall–Kier alpha value is -3.90. The zero-order valence-corrected chi connectivity index (χ0v) is 22.3. The fourth-order valence-corrected chi connectivity index (χ4v) is 4.57. The van der Waals surface area contributed by atoms with Gasteiger partial charge in [-0.2, -0.15) is 5.10 Å². The number of carbonyl (C=O) groups excluding carboxylic acids is 2. The highest BCUT2D eigenvalue weighted by Crippen LogP contribution is 2.34. The first-order valence-electron chi connectivity index (χ1n) is 12.3. The summed E-state index contributed by atoms with van der Waals surface area (Å²) in [7, 11) is 0. The molecule has 2 amide bonds. The Bertz CT molecular complexity index is 1410. The molecule has 4 rings (SSSR count). The predicted molar refractivity (Wildman–Crippen MR) is 149 cm³/mol. The second kappa shape index (κ2) is 11.4. The predicted octanol–water partition coefficient (Wildman–Crippen LogP) is 6.55. The molecular weight excluding hydrogens is 484 g/mol. The first kappa shape index (κ1) is 26.2. The van der Waals surface area contributed by atoms with Crippen LogP contribution in [0.1, 0.15) is 35.5 Å². The first-order chi connectivity index (χ1) is 17.7. The molecule has 0 aliphatic carbocycles. The van der Waals surface area contributed by atoms with Crippen molar-refractivity contribution < 1.29 is 9.59 Å². The number of benzene rings is 3. The SMILES string of the molecule is Cc1ccccc1-n1nc(C)c(-c2ccccc2)c1NC(=O)CN(CC(C)C)C(=O)c1cccc(Cl)c1. The summed E-state index contributed by atoms with van der Waals surface area (Å²) in [4.78, 5) is 28.4. The summed E-state index contributed by atoms with van der Waals surface area (Å²) in [6.07, 6.45) is 0. The van der Waals surface area contributed by atoms with E-state index in [0.29, 0.717) is 22.9 Å². The molecule has 0 saturated heterocycles. The van der Waals surface area contributed by atoms with Crippen LogP contribution in [0.4, 0.5) is 5.82 Å².